The quantitative estimate of drug-likeness (QED) is 0.383. The fraction of sp³-hybridized carbons (Fsp3) is 0.160. The number of hydrogen-bond donors (Lipinski definition) is 2. The lowest BCUT2D eigenvalue weighted by Crippen LogP contribution is -2.12. The number of aromatic nitrogens is 2. The molecule has 0 bridgehead atoms. The van der Waals surface area contributed by atoms with Crippen LogP contribution in [0.25, 0.3) is 43.6 Å². The Morgan fingerprint density at radius 3 is 2.62 bits per heavy atom. The zero-order valence-electron chi connectivity index (χ0n) is 16.5. The number of H-pyrrole nitrogens is 1. The van der Waals surface area contributed by atoms with Gasteiger partial charge >= 0.3 is 0 Å². The lowest BCUT2D eigenvalue weighted by Gasteiger charge is -2.08. The number of aromatic amines is 1. The van der Waals surface area contributed by atoms with Crippen molar-refractivity contribution in [2.45, 2.75) is 26.9 Å². The minimum Gasteiger partial charge on any atom is -0.353 e. The summed E-state index contributed by atoms with van der Waals surface area (Å²) in [5, 5.41) is 7.62. The highest BCUT2D eigenvalue weighted by molar-refractivity contribution is 6.30. The molecule has 1 amide bonds. The smallest absolute Gasteiger partial charge is 0.252 e. The third kappa shape index (κ3) is 2.11. The fourth-order valence-electron chi connectivity index (χ4n) is 4.87. The van der Waals surface area contributed by atoms with Crippen LogP contribution >= 0.6 is 0 Å². The third-order valence-electron chi connectivity index (χ3n) is 6.10. The van der Waals surface area contributed by atoms with E-state index in [-0.39, 0.29) is 5.91 Å². The molecule has 4 nitrogen and oxygen atoms in total. The second-order valence-corrected chi connectivity index (χ2v) is 8.09. The van der Waals surface area contributed by atoms with Gasteiger partial charge in [0.2, 0.25) is 0 Å². The zero-order valence-corrected chi connectivity index (χ0v) is 16.5. The number of allylic oxidation sites excluding steroid dienone is 2. The molecule has 4 heteroatoms. The number of amides is 1. The van der Waals surface area contributed by atoms with Crippen molar-refractivity contribution in [3.63, 3.8) is 0 Å². The molecule has 142 valence electrons. The Labute approximate surface area is 167 Å². The van der Waals surface area contributed by atoms with Crippen molar-refractivity contribution in [1.82, 2.24) is 14.9 Å². The van der Waals surface area contributed by atoms with Gasteiger partial charge < -0.3 is 14.9 Å². The lowest BCUT2D eigenvalue weighted by atomic mass is 9.97. The Morgan fingerprint density at radius 1 is 1.03 bits per heavy atom. The summed E-state index contributed by atoms with van der Waals surface area (Å²) in [6.45, 7) is 5.60. The third-order valence-corrected chi connectivity index (χ3v) is 6.10. The van der Waals surface area contributed by atoms with Crippen LogP contribution in [0.1, 0.15) is 29.8 Å². The maximum absolute atomic E-state index is 13.0. The first kappa shape index (κ1) is 16.4. The number of fused-ring (bicyclic) bond motifs is 10. The molecule has 0 unspecified atom stereocenters. The monoisotopic (exact) mass is 379 g/mol. The maximum atomic E-state index is 13.0. The molecular formula is C25H21N3O. The van der Waals surface area contributed by atoms with E-state index in [4.69, 9.17) is 0 Å². The Bertz CT molecular complexity index is 1510. The predicted molar refractivity (Wildman–Crippen MR) is 119 cm³/mol. The van der Waals surface area contributed by atoms with Gasteiger partial charge in [-0.25, -0.2) is 0 Å². The zero-order chi connectivity index (χ0) is 19.7. The van der Waals surface area contributed by atoms with Crippen molar-refractivity contribution in [1.29, 1.82) is 0 Å². The summed E-state index contributed by atoms with van der Waals surface area (Å²) in [5.74, 6) is 0.0299. The van der Waals surface area contributed by atoms with Crippen molar-refractivity contribution in [3.05, 3.63) is 71.3 Å². The van der Waals surface area contributed by atoms with Crippen LogP contribution in [0.4, 0.5) is 0 Å². The largest absolute Gasteiger partial charge is 0.353 e. The molecule has 0 radical (unpaired) electrons. The normalized spacial score (nSPS) is 13.5. The molecule has 0 saturated carbocycles. The Morgan fingerprint density at radius 2 is 1.79 bits per heavy atom. The molecule has 0 spiro atoms. The van der Waals surface area contributed by atoms with Crippen LogP contribution in [0.3, 0.4) is 0 Å². The molecule has 0 atom stereocenters. The van der Waals surface area contributed by atoms with Gasteiger partial charge in [0.25, 0.3) is 5.91 Å². The summed E-state index contributed by atoms with van der Waals surface area (Å²) in [4.78, 5) is 16.6. The van der Waals surface area contributed by atoms with Crippen LogP contribution in [0.15, 0.2) is 60.2 Å². The molecule has 0 saturated heterocycles. The van der Waals surface area contributed by atoms with Gasteiger partial charge in [0, 0.05) is 45.7 Å². The molecule has 1 aliphatic rings. The van der Waals surface area contributed by atoms with Crippen molar-refractivity contribution >= 4 is 49.5 Å². The van der Waals surface area contributed by atoms with Crippen molar-refractivity contribution in [3.8, 4) is 0 Å². The second kappa shape index (κ2) is 5.74. The molecule has 5 aromatic rings. The van der Waals surface area contributed by atoms with Crippen molar-refractivity contribution < 1.29 is 4.79 Å². The number of benzene rings is 3. The van der Waals surface area contributed by atoms with E-state index in [2.05, 4.69) is 83.3 Å². The summed E-state index contributed by atoms with van der Waals surface area (Å²) < 4.78 is 2.35. The number of nitrogens with one attached hydrogen (secondary N) is 2. The first-order valence-electron chi connectivity index (χ1n) is 10.0. The number of hydrogen-bond acceptors (Lipinski definition) is 1. The summed E-state index contributed by atoms with van der Waals surface area (Å²) in [7, 11) is 0. The molecule has 0 fully saturated rings. The highest BCUT2D eigenvalue weighted by Gasteiger charge is 2.30. The number of rotatable bonds is 2. The molecule has 6 rings (SSSR count). The minimum absolute atomic E-state index is 0.0299. The Kier molecular flexibility index (Phi) is 3.25. The van der Waals surface area contributed by atoms with E-state index in [0.29, 0.717) is 6.54 Å². The van der Waals surface area contributed by atoms with Crippen molar-refractivity contribution in [2.24, 2.45) is 0 Å². The predicted octanol–water partition coefficient (Wildman–Crippen LogP) is 5.64. The van der Waals surface area contributed by atoms with Crippen LogP contribution in [0.5, 0.6) is 0 Å². The average Bonchev–Trinajstić information content (AvgIpc) is 3.38. The highest BCUT2D eigenvalue weighted by Crippen LogP contribution is 2.43. The highest BCUT2D eigenvalue weighted by atomic mass is 16.1. The average molecular weight is 379 g/mol. The van der Waals surface area contributed by atoms with Crippen LogP contribution in [0.2, 0.25) is 0 Å². The van der Waals surface area contributed by atoms with Gasteiger partial charge in [-0.05, 0) is 31.5 Å². The molecule has 29 heavy (non-hydrogen) atoms. The number of nitrogens with zero attached hydrogens (tertiary/aromatic N) is 1. The molecule has 3 heterocycles. The molecule has 0 aliphatic carbocycles. The Hall–Kier alpha value is -3.53. The van der Waals surface area contributed by atoms with Crippen LogP contribution in [-0.2, 0) is 13.1 Å². The Balaban J connectivity index is 1.93. The van der Waals surface area contributed by atoms with E-state index in [0.717, 1.165) is 50.5 Å². The fourth-order valence-corrected chi connectivity index (χ4v) is 4.87. The van der Waals surface area contributed by atoms with E-state index in [1.807, 2.05) is 0 Å². The van der Waals surface area contributed by atoms with Gasteiger partial charge in [-0.2, -0.15) is 0 Å². The van der Waals surface area contributed by atoms with Gasteiger partial charge in [0.05, 0.1) is 16.6 Å². The summed E-state index contributed by atoms with van der Waals surface area (Å²) in [6.07, 6.45) is 2.24. The minimum atomic E-state index is 0.0299. The van der Waals surface area contributed by atoms with Crippen LogP contribution < -0.4 is 5.32 Å². The van der Waals surface area contributed by atoms with E-state index in [9.17, 15) is 4.79 Å². The van der Waals surface area contributed by atoms with E-state index >= 15 is 0 Å². The SMILES string of the molecule is CC(C)=CCn1c2ccccc2c2c3c(c4c5ccccc5[nH]c4c21)CNC3=O. The van der Waals surface area contributed by atoms with Gasteiger partial charge in [-0.15, -0.1) is 0 Å². The number of carbonyl (C=O) groups excluding carboxylic acids is 1. The molecule has 1 aliphatic heterocycles. The molecule has 2 N–H and O–H groups in total. The standard InChI is InChI=1S/C25H21N3O/c1-14(2)11-12-28-19-10-6-4-8-16(19)21-22-17(13-26-25(22)29)20-15-7-3-5-9-18(15)27-23(20)24(21)28/h3-11,27H,12-13H2,1-2H3,(H,26,29). The van der Waals surface area contributed by atoms with E-state index < -0.39 is 0 Å². The lowest BCUT2D eigenvalue weighted by molar-refractivity contribution is 0.0967. The van der Waals surface area contributed by atoms with E-state index in [1.54, 1.807) is 0 Å². The summed E-state index contributed by atoms with van der Waals surface area (Å²) in [6, 6.07) is 16.8. The summed E-state index contributed by atoms with van der Waals surface area (Å²) >= 11 is 0. The van der Waals surface area contributed by atoms with Crippen LogP contribution in [-0.4, -0.2) is 15.5 Å². The maximum Gasteiger partial charge on any atom is 0.252 e. The molecule has 3 aromatic carbocycles. The van der Waals surface area contributed by atoms with Gasteiger partial charge in [0.15, 0.2) is 0 Å². The van der Waals surface area contributed by atoms with Gasteiger partial charge in [0.1, 0.15) is 0 Å². The number of para-hydroxylation sites is 2. The first-order chi connectivity index (χ1) is 14.1. The van der Waals surface area contributed by atoms with Gasteiger partial charge in [-0.3, -0.25) is 4.79 Å². The van der Waals surface area contributed by atoms with Gasteiger partial charge in [-0.1, -0.05) is 48.0 Å². The van der Waals surface area contributed by atoms with E-state index in [1.165, 1.54) is 16.3 Å². The second-order valence-electron chi connectivity index (χ2n) is 8.09. The molecule has 2 aromatic heterocycles. The topological polar surface area (TPSA) is 49.8 Å². The molecular weight excluding hydrogens is 358 g/mol. The van der Waals surface area contributed by atoms with Crippen molar-refractivity contribution in [2.75, 3.05) is 0 Å². The first-order valence-corrected chi connectivity index (χ1v) is 10.0. The van der Waals surface area contributed by atoms with Crippen LogP contribution in [0, 0.1) is 0 Å². The number of carbonyl (C=O) groups is 1. The summed E-state index contributed by atoms with van der Waals surface area (Å²) in [5.41, 5.74) is 7.73.